The number of hydrogen-bond acceptors (Lipinski definition) is 2. The van der Waals surface area contributed by atoms with Crippen LogP contribution < -0.4 is 0 Å². The van der Waals surface area contributed by atoms with Crippen LogP contribution in [-0.2, 0) is 6.42 Å². The van der Waals surface area contributed by atoms with Crippen LogP contribution >= 0.6 is 0 Å². The van der Waals surface area contributed by atoms with E-state index in [-0.39, 0.29) is 0 Å². The second-order valence-electron chi connectivity index (χ2n) is 6.19. The summed E-state index contributed by atoms with van der Waals surface area (Å²) in [6.07, 6.45) is 5.84. The number of hydrogen-bond donors (Lipinski definition) is 1. The van der Waals surface area contributed by atoms with Gasteiger partial charge in [0.15, 0.2) is 0 Å². The zero-order valence-electron chi connectivity index (χ0n) is 12.6. The molecular weight excluding hydrogens is 272 g/mol. The molecule has 0 aliphatic heterocycles. The van der Waals surface area contributed by atoms with Crippen LogP contribution in [0, 0.1) is 0 Å². The first-order valence-corrected chi connectivity index (χ1v) is 8.05. The average Bonchev–Trinajstić information content (AvgIpc) is 3.16. The fourth-order valence-electron chi connectivity index (χ4n) is 3.57. The van der Waals surface area contributed by atoms with E-state index in [9.17, 15) is 5.11 Å². The second kappa shape index (κ2) is 5.48. The fraction of sp³-hybridized carbons (Fsp3) is 0.316. The number of rotatable bonds is 3. The van der Waals surface area contributed by atoms with E-state index < -0.39 is 0 Å². The molecule has 1 fully saturated rings. The summed E-state index contributed by atoms with van der Waals surface area (Å²) in [7, 11) is 0. The molecule has 3 nitrogen and oxygen atoms in total. The molecule has 0 spiro atoms. The number of phenols is 1. The number of phenolic OH excluding ortho intramolecular Hbond substituents is 1. The predicted molar refractivity (Wildman–Crippen MR) is 88.2 cm³/mol. The predicted octanol–water partition coefficient (Wildman–Crippen LogP) is 4.45. The molecule has 0 amide bonds. The molecule has 22 heavy (non-hydrogen) atoms. The minimum atomic E-state index is 0.317. The highest BCUT2D eigenvalue weighted by Crippen LogP contribution is 2.33. The summed E-state index contributed by atoms with van der Waals surface area (Å²) in [6, 6.07) is 16.5. The van der Waals surface area contributed by atoms with Crippen molar-refractivity contribution < 1.29 is 5.11 Å². The van der Waals surface area contributed by atoms with Crippen molar-refractivity contribution in [2.45, 2.75) is 38.1 Å². The van der Waals surface area contributed by atoms with E-state index in [1.54, 1.807) is 6.07 Å². The summed E-state index contributed by atoms with van der Waals surface area (Å²) in [5.41, 5.74) is 3.44. The maximum Gasteiger partial charge on any atom is 0.115 e. The van der Waals surface area contributed by atoms with E-state index >= 15 is 0 Å². The largest absolute Gasteiger partial charge is 0.508 e. The van der Waals surface area contributed by atoms with E-state index in [1.807, 2.05) is 18.2 Å². The number of fused-ring (bicyclic) bond motifs is 1. The van der Waals surface area contributed by atoms with Crippen LogP contribution in [0.2, 0.25) is 0 Å². The van der Waals surface area contributed by atoms with Crippen LogP contribution in [0.15, 0.2) is 48.5 Å². The lowest BCUT2D eigenvalue weighted by Crippen LogP contribution is -2.06. The molecule has 0 bridgehead atoms. The van der Waals surface area contributed by atoms with Gasteiger partial charge in [-0.25, -0.2) is 0 Å². The maximum atomic E-state index is 9.66. The Balaban J connectivity index is 1.77. The third-order valence-electron chi connectivity index (χ3n) is 4.64. The van der Waals surface area contributed by atoms with Gasteiger partial charge in [-0.2, -0.15) is 5.10 Å². The summed E-state index contributed by atoms with van der Waals surface area (Å²) in [4.78, 5) is 0. The van der Waals surface area contributed by atoms with Crippen LogP contribution in [0.25, 0.3) is 10.9 Å². The van der Waals surface area contributed by atoms with Crippen molar-refractivity contribution in [1.29, 1.82) is 0 Å². The Morgan fingerprint density at radius 3 is 2.68 bits per heavy atom. The zero-order chi connectivity index (χ0) is 14.9. The Bertz CT molecular complexity index is 800. The molecular formula is C19H20N2O. The van der Waals surface area contributed by atoms with E-state index in [1.165, 1.54) is 36.6 Å². The molecule has 4 rings (SSSR count). The van der Waals surface area contributed by atoms with Crippen molar-refractivity contribution in [3.63, 3.8) is 0 Å². The summed E-state index contributed by atoms with van der Waals surface area (Å²) < 4.78 is 2.24. The molecule has 1 aliphatic carbocycles. The lowest BCUT2D eigenvalue weighted by atomic mass is 10.1. The first kappa shape index (κ1) is 13.4. The first-order valence-electron chi connectivity index (χ1n) is 8.05. The Morgan fingerprint density at radius 1 is 1.05 bits per heavy atom. The molecule has 1 aliphatic rings. The van der Waals surface area contributed by atoms with Gasteiger partial charge in [0.05, 0.1) is 17.3 Å². The van der Waals surface area contributed by atoms with Gasteiger partial charge in [0.2, 0.25) is 0 Å². The van der Waals surface area contributed by atoms with Gasteiger partial charge in [-0.3, -0.25) is 4.68 Å². The minimum absolute atomic E-state index is 0.317. The van der Waals surface area contributed by atoms with Gasteiger partial charge >= 0.3 is 0 Å². The molecule has 3 heteroatoms. The van der Waals surface area contributed by atoms with Gasteiger partial charge in [0.1, 0.15) is 5.75 Å². The van der Waals surface area contributed by atoms with Gasteiger partial charge in [-0.05, 0) is 36.6 Å². The Hall–Kier alpha value is -2.29. The monoisotopic (exact) mass is 292 g/mol. The Kier molecular flexibility index (Phi) is 3.34. The van der Waals surface area contributed by atoms with Crippen molar-refractivity contribution >= 4 is 10.9 Å². The topological polar surface area (TPSA) is 38.1 Å². The van der Waals surface area contributed by atoms with Crippen LogP contribution in [0.1, 0.15) is 43.0 Å². The first-order chi connectivity index (χ1) is 10.8. The van der Waals surface area contributed by atoms with Crippen molar-refractivity contribution in [2.24, 2.45) is 0 Å². The standard InChI is InChI=1S/C19H20N2O/c22-16-9-5-6-14(12-16)13-18-17-10-3-4-11-19(17)21(20-18)15-7-1-2-8-15/h3-6,9-12,15,22H,1-2,7-8,13H2. The van der Waals surface area contributed by atoms with E-state index in [0.717, 1.165) is 17.7 Å². The maximum absolute atomic E-state index is 9.66. The smallest absolute Gasteiger partial charge is 0.115 e. The highest BCUT2D eigenvalue weighted by Gasteiger charge is 2.21. The van der Waals surface area contributed by atoms with Crippen molar-refractivity contribution in [3.8, 4) is 5.75 Å². The summed E-state index contributed by atoms with van der Waals surface area (Å²) >= 11 is 0. The SMILES string of the molecule is Oc1cccc(Cc2nn(C3CCCC3)c3ccccc23)c1. The van der Waals surface area contributed by atoms with Crippen molar-refractivity contribution in [2.75, 3.05) is 0 Å². The molecule has 3 aromatic rings. The Labute approximate surface area is 130 Å². The second-order valence-corrected chi connectivity index (χ2v) is 6.19. The molecule has 0 atom stereocenters. The van der Waals surface area contributed by atoms with Crippen LogP contribution in [0.5, 0.6) is 5.75 Å². The summed E-state index contributed by atoms with van der Waals surface area (Å²) in [5.74, 6) is 0.317. The summed E-state index contributed by atoms with van der Waals surface area (Å²) in [5, 5.41) is 15.8. The molecule has 1 N–H and O–H groups in total. The van der Waals surface area contributed by atoms with Gasteiger partial charge in [0.25, 0.3) is 0 Å². The zero-order valence-corrected chi connectivity index (χ0v) is 12.6. The minimum Gasteiger partial charge on any atom is -0.508 e. The van der Waals surface area contributed by atoms with Crippen LogP contribution in [-0.4, -0.2) is 14.9 Å². The lowest BCUT2D eigenvalue weighted by molar-refractivity contribution is 0.474. The highest BCUT2D eigenvalue weighted by atomic mass is 16.3. The summed E-state index contributed by atoms with van der Waals surface area (Å²) in [6.45, 7) is 0. The normalized spacial score (nSPS) is 15.6. The molecule has 1 aromatic heterocycles. The number of aromatic nitrogens is 2. The molecule has 0 radical (unpaired) electrons. The van der Waals surface area contributed by atoms with Crippen LogP contribution in [0.3, 0.4) is 0 Å². The molecule has 112 valence electrons. The third-order valence-corrected chi connectivity index (χ3v) is 4.64. The van der Waals surface area contributed by atoms with Gasteiger partial charge in [0, 0.05) is 11.8 Å². The Morgan fingerprint density at radius 2 is 1.86 bits per heavy atom. The molecule has 0 unspecified atom stereocenters. The van der Waals surface area contributed by atoms with E-state index in [4.69, 9.17) is 5.10 Å². The fourth-order valence-corrected chi connectivity index (χ4v) is 3.57. The molecule has 1 saturated carbocycles. The van der Waals surface area contributed by atoms with Crippen molar-refractivity contribution in [3.05, 3.63) is 59.8 Å². The number of aromatic hydroxyl groups is 1. The van der Waals surface area contributed by atoms with Gasteiger partial charge in [-0.1, -0.05) is 43.2 Å². The number of para-hydroxylation sites is 1. The van der Waals surface area contributed by atoms with Gasteiger partial charge < -0.3 is 5.11 Å². The van der Waals surface area contributed by atoms with Crippen molar-refractivity contribution in [1.82, 2.24) is 9.78 Å². The average molecular weight is 292 g/mol. The van der Waals surface area contributed by atoms with E-state index in [0.29, 0.717) is 11.8 Å². The number of nitrogens with zero attached hydrogens (tertiary/aromatic N) is 2. The van der Waals surface area contributed by atoms with E-state index in [2.05, 4.69) is 28.9 Å². The van der Waals surface area contributed by atoms with Gasteiger partial charge in [-0.15, -0.1) is 0 Å². The molecule has 1 heterocycles. The van der Waals surface area contributed by atoms with Crippen LogP contribution in [0.4, 0.5) is 0 Å². The quantitative estimate of drug-likeness (QED) is 0.774. The highest BCUT2D eigenvalue weighted by molar-refractivity contribution is 5.82. The third kappa shape index (κ3) is 2.37. The lowest BCUT2D eigenvalue weighted by Gasteiger charge is -2.10. The number of benzene rings is 2. The molecule has 2 aromatic carbocycles. The molecule has 0 saturated heterocycles.